The van der Waals surface area contributed by atoms with Crippen LogP contribution in [0.5, 0.6) is 0 Å². The average molecular weight is 415 g/mol. The van der Waals surface area contributed by atoms with Crippen LogP contribution in [0.2, 0.25) is 0 Å². The quantitative estimate of drug-likeness (QED) is 0.315. The van der Waals surface area contributed by atoms with Crippen molar-refractivity contribution in [1.29, 1.82) is 0 Å². The maximum atomic E-state index is 2.31. The van der Waals surface area contributed by atoms with Gasteiger partial charge in [-0.3, -0.25) is 0 Å². The Balaban J connectivity index is 1.36. The minimum Gasteiger partial charge on any atom is -0.194 e. The molecule has 0 fully saturated rings. The Morgan fingerprint density at radius 1 is 0.375 bits per heavy atom. The Bertz CT molecular complexity index is 1190. The van der Waals surface area contributed by atoms with Gasteiger partial charge in [0.15, 0.2) is 25.5 Å². The summed E-state index contributed by atoms with van der Waals surface area (Å²) in [7, 11) is 0. The van der Waals surface area contributed by atoms with E-state index in [1.165, 1.54) is 33.6 Å². The second-order valence-electron chi connectivity index (χ2n) is 7.98. The molecular weight excluding hydrogens is 388 g/mol. The third kappa shape index (κ3) is 4.50. The first-order chi connectivity index (χ1) is 15.9. The summed E-state index contributed by atoms with van der Waals surface area (Å²) in [4.78, 5) is 0. The van der Waals surface area contributed by atoms with Crippen LogP contribution in [0, 0.1) is 0 Å². The van der Waals surface area contributed by atoms with Crippen LogP contribution in [0.15, 0.2) is 134 Å². The van der Waals surface area contributed by atoms with E-state index < -0.39 is 0 Å². The van der Waals surface area contributed by atoms with Gasteiger partial charge in [-0.15, -0.1) is 0 Å². The van der Waals surface area contributed by atoms with Crippen LogP contribution < -0.4 is 9.13 Å². The molecule has 0 radical (unpaired) electrons. The molecule has 0 N–H and O–H groups in total. The Kier molecular flexibility index (Phi) is 5.85. The molecule has 2 nitrogen and oxygen atoms in total. The van der Waals surface area contributed by atoms with Gasteiger partial charge in [-0.05, 0) is 36.4 Å². The van der Waals surface area contributed by atoms with E-state index in [-0.39, 0.29) is 0 Å². The molecule has 0 amide bonds. The number of hydrogen-bond acceptors (Lipinski definition) is 0. The topological polar surface area (TPSA) is 7.76 Å². The van der Waals surface area contributed by atoms with Crippen molar-refractivity contribution in [3.63, 3.8) is 0 Å². The number of pyridine rings is 2. The maximum absolute atomic E-state index is 2.31. The average Bonchev–Trinajstić information content (AvgIpc) is 2.87. The molecule has 32 heavy (non-hydrogen) atoms. The zero-order valence-corrected chi connectivity index (χ0v) is 18.0. The van der Waals surface area contributed by atoms with Crippen molar-refractivity contribution < 1.29 is 9.13 Å². The summed E-state index contributed by atoms with van der Waals surface area (Å²) in [5, 5.41) is 0. The molecule has 0 aliphatic rings. The summed E-state index contributed by atoms with van der Waals surface area (Å²) in [6, 6.07) is 42.9. The molecule has 5 aromatic rings. The van der Waals surface area contributed by atoms with E-state index in [0.29, 0.717) is 0 Å². The Morgan fingerprint density at radius 2 is 0.750 bits per heavy atom. The van der Waals surface area contributed by atoms with Crippen molar-refractivity contribution in [3.05, 3.63) is 145 Å². The molecule has 0 atom stereocenters. The predicted molar refractivity (Wildman–Crippen MR) is 129 cm³/mol. The number of nitrogens with zero attached hydrogens (tertiary/aromatic N) is 2. The van der Waals surface area contributed by atoms with E-state index in [1.807, 2.05) is 0 Å². The van der Waals surface area contributed by atoms with Crippen LogP contribution in [0.4, 0.5) is 0 Å². The normalized spacial score (nSPS) is 10.8. The molecule has 0 spiro atoms. The third-order valence-corrected chi connectivity index (χ3v) is 5.75. The Morgan fingerprint density at radius 3 is 1.16 bits per heavy atom. The van der Waals surface area contributed by atoms with Crippen molar-refractivity contribution >= 4 is 0 Å². The number of rotatable bonds is 6. The summed E-state index contributed by atoms with van der Waals surface area (Å²) in [5.41, 5.74) is 7.51. The molecule has 0 saturated carbocycles. The smallest absolute Gasteiger partial charge is 0.194 e. The van der Waals surface area contributed by atoms with Gasteiger partial charge in [0.1, 0.15) is 0 Å². The summed E-state index contributed by atoms with van der Waals surface area (Å²) in [5.74, 6) is 0. The fraction of sp³-hybridized carbons (Fsp3) is 0.0667. The SMILES string of the molecule is c1ccc(-c2cccc[n+]2Cc2ccc(C[n+]3ccccc3-c3ccccc3)cc2)cc1. The van der Waals surface area contributed by atoms with Gasteiger partial charge < -0.3 is 0 Å². The molecule has 154 valence electrons. The van der Waals surface area contributed by atoms with Crippen LogP contribution in [-0.4, -0.2) is 0 Å². The van der Waals surface area contributed by atoms with Crippen LogP contribution in [0.3, 0.4) is 0 Å². The number of benzene rings is 3. The van der Waals surface area contributed by atoms with Crippen molar-refractivity contribution in [2.24, 2.45) is 0 Å². The molecule has 2 heterocycles. The van der Waals surface area contributed by atoms with Gasteiger partial charge in [-0.1, -0.05) is 60.7 Å². The van der Waals surface area contributed by atoms with Crippen LogP contribution in [-0.2, 0) is 13.1 Å². The fourth-order valence-corrected chi connectivity index (χ4v) is 4.11. The van der Waals surface area contributed by atoms with Gasteiger partial charge in [0.05, 0.1) is 0 Å². The lowest BCUT2D eigenvalue weighted by molar-refractivity contribution is -0.678. The molecule has 0 aliphatic heterocycles. The minimum absolute atomic E-state index is 0.846. The monoisotopic (exact) mass is 414 g/mol. The van der Waals surface area contributed by atoms with Crippen LogP contribution in [0.25, 0.3) is 22.5 Å². The van der Waals surface area contributed by atoms with E-state index in [1.54, 1.807) is 0 Å². The highest BCUT2D eigenvalue weighted by Crippen LogP contribution is 2.16. The Hall–Kier alpha value is -4.04. The van der Waals surface area contributed by atoms with Gasteiger partial charge in [0.25, 0.3) is 0 Å². The summed E-state index contributed by atoms with van der Waals surface area (Å²) in [6.45, 7) is 1.69. The van der Waals surface area contributed by atoms with Gasteiger partial charge in [-0.2, -0.15) is 9.13 Å². The lowest BCUT2D eigenvalue weighted by atomic mass is 10.1. The second kappa shape index (κ2) is 9.40. The highest BCUT2D eigenvalue weighted by molar-refractivity contribution is 5.56. The van der Waals surface area contributed by atoms with Gasteiger partial charge in [0.2, 0.25) is 11.4 Å². The van der Waals surface area contributed by atoms with E-state index in [2.05, 4.69) is 143 Å². The second-order valence-corrected chi connectivity index (χ2v) is 7.98. The first-order valence-corrected chi connectivity index (χ1v) is 11.0. The fourth-order valence-electron chi connectivity index (χ4n) is 4.11. The van der Waals surface area contributed by atoms with E-state index >= 15 is 0 Å². The van der Waals surface area contributed by atoms with E-state index in [9.17, 15) is 0 Å². The highest BCUT2D eigenvalue weighted by atomic mass is 15.0. The van der Waals surface area contributed by atoms with Gasteiger partial charge in [0, 0.05) is 46.5 Å². The molecular formula is C30H26N2+2. The highest BCUT2D eigenvalue weighted by Gasteiger charge is 2.14. The van der Waals surface area contributed by atoms with Crippen molar-refractivity contribution in [1.82, 2.24) is 0 Å². The largest absolute Gasteiger partial charge is 0.212 e. The summed E-state index contributed by atoms with van der Waals surface area (Å²) < 4.78 is 4.62. The number of aromatic nitrogens is 2. The lowest BCUT2D eigenvalue weighted by Gasteiger charge is -2.06. The maximum Gasteiger partial charge on any atom is 0.212 e. The van der Waals surface area contributed by atoms with Crippen LogP contribution >= 0.6 is 0 Å². The molecule has 0 aliphatic carbocycles. The van der Waals surface area contributed by atoms with Gasteiger partial charge >= 0.3 is 0 Å². The predicted octanol–water partition coefficient (Wildman–Crippen LogP) is 5.69. The molecule has 0 unspecified atom stereocenters. The molecule has 5 rings (SSSR count). The summed E-state index contributed by atoms with van der Waals surface area (Å²) in [6.07, 6.45) is 4.31. The van der Waals surface area contributed by atoms with E-state index in [0.717, 1.165) is 13.1 Å². The van der Waals surface area contributed by atoms with Crippen molar-refractivity contribution in [3.8, 4) is 22.5 Å². The molecule has 3 aromatic carbocycles. The standard InChI is InChI=1S/C30H26N2/c1-3-11-27(12-4-1)29-15-7-9-21-31(29)23-25-17-19-26(20-18-25)24-32-22-10-8-16-30(32)28-13-5-2-6-14-28/h1-22H,23-24H2/q+2. The zero-order valence-electron chi connectivity index (χ0n) is 18.0. The first-order valence-electron chi connectivity index (χ1n) is 11.0. The van der Waals surface area contributed by atoms with Crippen molar-refractivity contribution in [2.75, 3.05) is 0 Å². The molecule has 0 saturated heterocycles. The molecule has 2 heteroatoms. The zero-order chi connectivity index (χ0) is 21.6. The van der Waals surface area contributed by atoms with Crippen LogP contribution in [0.1, 0.15) is 11.1 Å². The van der Waals surface area contributed by atoms with Crippen molar-refractivity contribution in [2.45, 2.75) is 13.1 Å². The first kappa shape index (κ1) is 19.9. The Labute approximate surface area is 189 Å². The third-order valence-electron chi connectivity index (χ3n) is 5.75. The summed E-state index contributed by atoms with van der Waals surface area (Å²) >= 11 is 0. The lowest BCUT2D eigenvalue weighted by Crippen LogP contribution is -2.37. The van der Waals surface area contributed by atoms with Gasteiger partial charge in [-0.25, -0.2) is 0 Å². The minimum atomic E-state index is 0.846. The number of hydrogen-bond donors (Lipinski definition) is 0. The molecule has 0 bridgehead atoms. The van der Waals surface area contributed by atoms with E-state index in [4.69, 9.17) is 0 Å². The molecule has 2 aromatic heterocycles.